The summed E-state index contributed by atoms with van der Waals surface area (Å²) < 4.78 is 13.6. The molecule has 0 atom stereocenters. The van der Waals surface area contributed by atoms with E-state index in [9.17, 15) is 9.90 Å². The number of carbonyl (C=O) groups is 1. The minimum absolute atomic E-state index is 0.00543. The average molecular weight is 431 g/mol. The second-order valence-corrected chi connectivity index (χ2v) is 9.02. The molecule has 2 fully saturated rings. The molecule has 0 unspecified atom stereocenters. The molecule has 0 radical (unpaired) electrons. The number of aryl methyl sites for hydroxylation is 1. The number of aliphatic hydroxyl groups is 1. The summed E-state index contributed by atoms with van der Waals surface area (Å²) in [5.74, 6) is 0.878. The van der Waals surface area contributed by atoms with Gasteiger partial charge >= 0.3 is 0 Å². The van der Waals surface area contributed by atoms with Crippen LogP contribution >= 0.6 is 0 Å². The van der Waals surface area contributed by atoms with Gasteiger partial charge < -0.3 is 19.5 Å². The Bertz CT molecular complexity index is 1190. The molecular formula is C25H25N3O4. The fourth-order valence-corrected chi connectivity index (χ4v) is 5.12. The minimum Gasteiger partial charge on any atom is -0.482 e. The largest absolute Gasteiger partial charge is 0.482 e. The Balaban J connectivity index is 1.22. The normalized spacial score (nSPS) is 20.1. The van der Waals surface area contributed by atoms with Gasteiger partial charge in [-0.1, -0.05) is 24.3 Å². The molecule has 32 heavy (non-hydrogen) atoms. The second kappa shape index (κ2) is 6.92. The first-order valence-electron chi connectivity index (χ1n) is 11.0. The number of aromatic nitrogens is 2. The molecule has 3 aliphatic heterocycles. The summed E-state index contributed by atoms with van der Waals surface area (Å²) in [7, 11) is 1.96. The van der Waals surface area contributed by atoms with Crippen molar-refractivity contribution in [1.29, 1.82) is 0 Å². The predicted molar refractivity (Wildman–Crippen MR) is 117 cm³/mol. The van der Waals surface area contributed by atoms with Crippen LogP contribution in [0.15, 0.2) is 54.7 Å². The van der Waals surface area contributed by atoms with E-state index < -0.39 is 11.2 Å². The van der Waals surface area contributed by atoms with Gasteiger partial charge in [-0.15, -0.1) is 0 Å². The van der Waals surface area contributed by atoms with Crippen LogP contribution in [0, 0.1) is 0 Å². The quantitative estimate of drug-likeness (QED) is 0.675. The zero-order valence-electron chi connectivity index (χ0n) is 18.0. The summed E-state index contributed by atoms with van der Waals surface area (Å²) in [5, 5.41) is 14.9. The molecule has 1 aromatic heterocycles. The van der Waals surface area contributed by atoms with Crippen molar-refractivity contribution in [2.45, 2.75) is 24.0 Å². The molecule has 0 saturated carbocycles. The standard InChI is InChI=1S/C25H25N3O4/c1-27-22-19-4-2-3-5-21(19)32-25(20(22)14-26-27)10-12-28(13-11-25)23(29)17-6-8-18(9-7-17)24(30)15-31-16-24/h2-9,14,30H,10-13,15-16H2,1H3. The van der Waals surface area contributed by atoms with E-state index in [1.165, 1.54) is 0 Å². The number of piperidine rings is 1. The zero-order valence-corrected chi connectivity index (χ0v) is 18.0. The molecule has 1 spiro atoms. The van der Waals surface area contributed by atoms with Gasteiger partial charge in [-0.3, -0.25) is 9.48 Å². The number of hydrogen-bond acceptors (Lipinski definition) is 5. The SMILES string of the molecule is Cn1ncc2c1-c1ccccc1OC21CCN(C(=O)c2ccc(C3(O)COC3)cc2)CC1. The van der Waals surface area contributed by atoms with E-state index in [2.05, 4.69) is 11.2 Å². The van der Waals surface area contributed by atoms with Crippen LogP contribution in [-0.2, 0) is 23.0 Å². The van der Waals surface area contributed by atoms with E-state index in [1.807, 2.05) is 53.2 Å². The number of amides is 1. The Kier molecular flexibility index (Phi) is 4.22. The van der Waals surface area contributed by atoms with Crippen LogP contribution in [0.4, 0.5) is 0 Å². The van der Waals surface area contributed by atoms with Crippen LogP contribution < -0.4 is 4.74 Å². The van der Waals surface area contributed by atoms with Gasteiger partial charge in [-0.25, -0.2) is 0 Å². The lowest BCUT2D eigenvalue weighted by molar-refractivity contribution is -0.184. The van der Waals surface area contributed by atoms with E-state index >= 15 is 0 Å². The van der Waals surface area contributed by atoms with E-state index in [0.29, 0.717) is 44.7 Å². The number of hydrogen-bond donors (Lipinski definition) is 1. The third-order valence-electron chi connectivity index (χ3n) is 7.09. The van der Waals surface area contributed by atoms with Crippen molar-refractivity contribution in [1.82, 2.24) is 14.7 Å². The number of rotatable bonds is 2. The van der Waals surface area contributed by atoms with E-state index in [4.69, 9.17) is 9.47 Å². The highest BCUT2D eigenvalue weighted by atomic mass is 16.5. The number of likely N-dealkylation sites (tertiary alicyclic amines) is 1. The molecule has 0 aliphatic carbocycles. The van der Waals surface area contributed by atoms with Crippen LogP contribution in [0.2, 0.25) is 0 Å². The van der Waals surface area contributed by atoms with Crippen molar-refractivity contribution in [3.05, 3.63) is 71.4 Å². The van der Waals surface area contributed by atoms with Gasteiger partial charge in [0.25, 0.3) is 5.91 Å². The lowest BCUT2D eigenvalue weighted by Gasteiger charge is -2.44. The predicted octanol–water partition coefficient (Wildman–Crippen LogP) is 2.83. The second-order valence-electron chi connectivity index (χ2n) is 9.02. The van der Waals surface area contributed by atoms with Crippen LogP contribution in [0.5, 0.6) is 5.75 Å². The number of nitrogens with zero attached hydrogens (tertiary/aromatic N) is 3. The molecule has 0 bridgehead atoms. The summed E-state index contributed by atoms with van der Waals surface area (Å²) in [5.41, 5.74) is 3.29. The summed E-state index contributed by atoms with van der Waals surface area (Å²) in [6, 6.07) is 15.3. The number of ether oxygens (including phenoxy) is 2. The van der Waals surface area contributed by atoms with Gasteiger partial charge in [0.15, 0.2) is 0 Å². The Morgan fingerprint density at radius 2 is 1.78 bits per heavy atom. The van der Waals surface area contributed by atoms with E-state index in [0.717, 1.165) is 28.1 Å². The van der Waals surface area contributed by atoms with Gasteiger partial charge in [0, 0.05) is 49.7 Å². The maximum absolute atomic E-state index is 13.1. The zero-order chi connectivity index (χ0) is 21.9. The Morgan fingerprint density at radius 1 is 1.06 bits per heavy atom. The molecule has 6 rings (SSSR count). The maximum Gasteiger partial charge on any atom is 0.253 e. The van der Waals surface area contributed by atoms with Gasteiger partial charge in [-0.05, 0) is 29.8 Å². The van der Waals surface area contributed by atoms with Crippen molar-refractivity contribution >= 4 is 5.91 Å². The maximum atomic E-state index is 13.1. The van der Waals surface area contributed by atoms with Crippen molar-refractivity contribution in [2.24, 2.45) is 7.05 Å². The summed E-state index contributed by atoms with van der Waals surface area (Å²) in [6.07, 6.45) is 3.33. The molecule has 7 heteroatoms. The molecule has 2 saturated heterocycles. The molecule has 4 heterocycles. The Morgan fingerprint density at radius 3 is 2.47 bits per heavy atom. The minimum atomic E-state index is -0.922. The van der Waals surface area contributed by atoms with Crippen LogP contribution in [0.1, 0.15) is 34.3 Å². The molecule has 7 nitrogen and oxygen atoms in total. The molecule has 2 aromatic carbocycles. The molecule has 1 amide bonds. The lowest BCUT2D eigenvalue weighted by Crippen LogP contribution is -2.49. The van der Waals surface area contributed by atoms with Crippen molar-refractivity contribution in [3.63, 3.8) is 0 Å². The van der Waals surface area contributed by atoms with E-state index in [-0.39, 0.29) is 5.91 Å². The summed E-state index contributed by atoms with van der Waals surface area (Å²) in [4.78, 5) is 15.0. The molecular weight excluding hydrogens is 406 g/mol. The first kappa shape index (κ1) is 19.5. The number of carbonyl (C=O) groups excluding carboxylic acids is 1. The van der Waals surface area contributed by atoms with Crippen molar-refractivity contribution in [2.75, 3.05) is 26.3 Å². The van der Waals surface area contributed by atoms with Gasteiger partial charge in [0.05, 0.1) is 25.1 Å². The van der Waals surface area contributed by atoms with Gasteiger partial charge in [-0.2, -0.15) is 5.10 Å². The molecule has 3 aromatic rings. The fraction of sp³-hybridized carbons (Fsp3) is 0.360. The highest BCUT2D eigenvalue weighted by Crippen LogP contribution is 2.49. The molecule has 3 aliphatic rings. The first-order valence-corrected chi connectivity index (χ1v) is 11.0. The van der Waals surface area contributed by atoms with Crippen LogP contribution in [-0.4, -0.2) is 52.0 Å². The highest BCUT2D eigenvalue weighted by Gasteiger charge is 2.46. The van der Waals surface area contributed by atoms with Gasteiger partial charge in [0.1, 0.15) is 17.0 Å². The summed E-state index contributed by atoms with van der Waals surface area (Å²) >= 11 is 0. The third-order valence-corrected chi connectivity index (χ3v) is 7.09. The number of benzene rings is 2. The topological polar surface area (TPSA) is 76.8 Å². The number of para-hydroxylation sites is 1. The monoisotopic (exact) mass is 431 g/mol. The van der Waals surface area contributed by atoms with Crippen LogP contribution in [0.3, 0.4) is 0 Å². The summed E-state index contributed by atoms with van der Waals surface area (Å²) in [6.45, 7) is 1.81. The van der Waals surface area contributed by atoms with Crippen molar-refractivity contribution < 1.29 is 19.4 Å². The molecule has 1 N–H and O–H groups in total. The average Bonchev–Trinajstić information content (AvgIpc) is 3.21. The fourth-order valence-electron chi connectivity index (χ4n) is 5.12. The third kappa shape index (κ3) is 2.81. The first-order chi connectivity index (χ1) is 15.5. The van der Waals surface area contributed by atoms with Crippen molar-refractivity contribution in [3.8, 4) is 17.0 Å². The smallest absolute Gasteiger partial charge is 0.253 e. The Hall–Kier alpha value is -3.16. The van der Waals surface area contributed by atoms with Gasteiger partial charge in [0.2, 0.25) is 0 Å². The molecule has 164 valence electrons. The van der Waals surface area contributed by atoms with Crippen LogP contribution in [0.25, 0.3) is 11.3 Å². The highest BCUT2D eigenvalue weighted by molar-refractivity contribution is 5.94. The van der Waals surface area contributed by atoms with E-state index in [1.54, 1.807) is 12.1 Å². The lowest BCUT2D eigenvalue weighted by atomic mass is 9.81. The number of fused-ring (bicyclic) bond motifs is 4. The Labute approximate surface area is 186 Å².